The number of nitrogens with one attached hydrogen (secondary N) is 1. The third-order valence-electron chi connectivity index (χ3n) is 2.62. The van der Waals surface area contributed by atoms with Gasteiger partial charge in [-0.2, -0.15) is 18.3 Å². The molecule has 0 amide bonds. The third-order valence-corrected chi connectivity index (χ3v) is 3.42. The van der Waals surface area contributed by atoms with E-state index in [0.29, 0.717) is 19.0 Å². The van der Waals surface area contributed by atoms with Crippen molar-refractivity contribution in [2.45, 2.75) is 44.6 Å². The van der Waals surface area contributed by atoms with E-state index in [1.54, 1.807) is 0 Å². The number of hydrogen-bond acceptors (Lipinski definition) is 3. The van der Waals surface area contributed by atoms with Gasteiger partial charge in [0.05, 0.1) is 5.75 Å². The zero-order valence-electron chi connectivity index (χ0n) is 9.52. The summed E-state index contributed by atoms with van der Waals surface area (Å²) >= 11 is 0. The molecule has 1 saturated carbocycles. The summed E-state index contributed by atoms with van der Waals surface area (Å²) in [6.45, 7) is 0.685. The van der Waals surface area contributed by atoms with Crippen LogP contribution >= 0.6 is 9.90 Å². The Morgan fingerprint density at radius 2 is 1.75 bits per heavy atom. The van der Waals surface area contributed by atoms with Crippen LogP contribution in [0.15, 0.2) is 0 Å². The zero-order chi connectivity index (χ0) is 10.4. The van der Waals surface area contributed by atoms with E-state index in [0.717, 1.165) is 0 Å². The summed E-state index contributed by atoms with van der Waals surface area (Å²) in [5, 5.41) is 3.32. The van der Waals surface area contributed by atoms with Gasteiger partial charge in [-0.3, -0.25) is 4.55 Å². The Hall–Kier alpha value is 0.988. The van der Waals surface area contributed by atoms with Gasteiger partial charge in [0, 0.05) is 27.1 Å². The topological polar surface area (TPSA) is 66.4 Å². The summed E-state index contributed by atoms with van der Waals surface area (Å²) in [4.78, 5) is 0. The van der Waals surface area contributed by atoms with Crippen molar-refractivity contribution in [1.82, 2.24) is 5.32 Å². The second kappa shape index (κ2) is 9.96. The largest absolute Gasteiger partial charge is 0.314 e. The Kier molecular flexibility index (Phi) is 12.0. The molecular formula is C9H22NO3PSW. The molecule has 16 heavy (non-hydrogen) atoms. The fourth-order valence-electron chi connectivity index (χ4n) is 1.87. The van der Waals surface area contributed by atoms with Gasteiger partial charge in [-0.15, -0.1) is 0 Å². The second-order valence-electron chi connectivity index (χ2n) is 3.93. The van der Waals surface area contributed by atoms with Crippen molar-refractivity contribution >= 4 is 20.0 Å². The van der Waals surface area contributed by atoms with Gasteiger partial charge in [0.15, 0.2) is 0 Å². The van der Waals surface area contributed by atoms with Crippen LogP contribution in [0.25, 0.3) is 0 Å². The first-order valence-electron chi connectivity index (χ1n) is 5.26. The van der Waals surface area contributed by atoms with Crippen LogP contribution in [0, 0.1) is 0 Å². The molecule has 98 valence electrons. The standard InChI is InChI=1S/C9H19NO3S.H3P.W/c11-14(12,13)8-4-7-10-9-5-2-1-3-6-9;;/h9-10H,1-8H2,(H,11,12,13);1H3;. The van der Waals surface area contributed by atoms with Crippen molar-refractivity contribution in [3.63, 3.8) is 0 Å². The van der Waals surface area contributed by atoms with Gasteiger partial charge < -0.3 is 5.32 Å². The molecule has 1 rings (SSSR count). The minimum atomic E-state index is -3.77. The van der Waals surface area contributed by atoms with Crippen LogP contribution in [0.4, 0.5) is 0 Å². The first-order valence-corrected chi connectivity index (χ1v) is 6.87. The molecule has 0 aromatic rings. The van der Waals surface area contributed by atoms with Crippen molar-refractivity contribution in [2.75, 3.05) is 12.3 Å². The van der Waals surface area contributed by atoms with Crippen molar-refractivity contribution in [3.8, 4) is 0 Å². The minimum absolute atomic E-state index is 0. The van der Waals surface area contributed by atoms with E-state index in [9.17, 15) is 8.42 Å². The Balaban J connectivity index is 0. The van der Waals surface area contributed by atoms with E-state index in [1.165, 1.54) is 32.1 Å². The van der Waals surface area contributed by atoms with Crippen molar-refractivity contribution in [2.24, 2.45) is 0 Å². The molecule has 1 fully saturated rings. The smallest absolute Gasteiger partial charge is 0.264 e. The summed E-state index contributed by atoms with van der Waals surface area (Å²) in [6.07, 6.45) is 6.77. The van der Waals surface area contributed by atoms with Gasteiger partial charge in [0.25, 0.3) is 10.1 Å². The van der Waals surface area contributed by atoms with E-state index in [1.807, 2.05) is 0 Å². The summed E-state index contributed by atoms with van der Waals surface area (Å²) in [5.41, 5.74) is 0. The van der Waals surface area contributed by atoms with E-state index in [2.05, 4.69) is 5.32 Å². The van der Waals surface area contributed by atoms with Crippen molar-refractivity contribution < 1.29 is 34.0 Å². The molecule has 0 saturated heterocycles. The summed E-state index contributed by atoms with van der Waals surface area (Å²) < 4.78 is 29.3. The SMILES string of the molecule is O=S(=O)(O)CCCNC1CCCCC1.P.[W]. The maximum atomic E-state index is 10.4. The summed E-state index contributed by atoms with van der Waals surface area (Å²) in [7, 11) is -3.77. The molecule has 0 aliphatic heterocycles. The van der Waals surface area contributed by atoms with Crippen LogP contribution < -0.4 is 5.32 Å². The van der Waals surface area contributed by atoms with Gasteiger partial charge in [-0.25, -0.2) is 0 Å². The molecule has 2 N–H and O–H groups in total. The molecule has 1 aliphatic rings. The molecule has 0 radical (unpaired) electrons. The average Bonchev–Trinajstić information content (AvgIpc) is 2.13. The molecule has 0 heterocycles. The maximum absolute atomic E-state index is 10.4. The maximum Gasteiger partial charge on any atom is 0.264 e. The average molecular weight is 439 g/mol. The van der Waals surface area contributed by atoms with Gasteiger partial charge >= 0.3 is 0 Å². The molecule has 4 nitrogen and oxygen atoms in total. The molecule has 7 heteroatoms. The van der Waals surface area contributed by atoms with Gasteiger partial charge in [0.2, 0.25) is 0 Å². The Morgan fingerprint density at radius 1 is 1.19 bits per heavy atom. The predicted molar refractivity (Wildman–Crippen MR) is 67.0 cm³/mol. The fraction of sp³-hybridized carbons (Fsp3) is 1.00. The van der Waals surface area contributed by atoms with Crippen molar-refractivity contribution in [1.29, 1.82) is 0 Å². The van der Waals surface area contributed by atoms with E-state index < -0.39 is 10.1 Å². The minimum Gasteiger partial charge on any atom is -0.314 e. The monoisotopic (exact) mass is 439 g/mol. The number of hydrogen-bond donors (Lipinski definition) is 2. The zero-order valence-corrected chi connectivity index (χ0v) is 14.7. The number of rotatable bonds is 5. The van der Waals surface area contributed by atoms with Crippen LogP contribution in [-0.4, -0.2) is 31.3 Å². The normalized spacial score (nSPS) is 17.3. The molecule has 0 aromatic heterocycles. The molecule has 0 aromatic carbocycles. The summed E-state index contributed by atoms with van der Waals surface area (Å²) in [6, 6.07) is 0.560. The van der Waals surface area contributed by atoms with Crippen molar-refractivity contribution in [3.05, 3.63) is 0 Å². The van der Waals surface area contributed by atoms with Crippen LogP contribution in [0.5, 0.6) is 0 Å². The Labute approximate surface area is 116 Å². The van der Waals surface area contributed by atoms with E-state index >= 15 is 0 Å². The van der Waals surface area contributed by atoms with E-state index in [-0.39, 0.29) is 36.7 Å². The second-order valence-corrected chi connectivity index (χ2v) is 5.50. The van der Waals surface area contributed by atoms with Gasteiger partial charge in [-0.1, -0.05) is 19.3 Å². The molecule has 1 unspecified atom stereocenters. The quantitative estimate of drug-likeness (QED) is 0.385. The molecule has 1 aliphatic carbocycles. The molecule has 1 atom stereocenters. The van der Waals surface area contributed by atoms with Crippen LogP contribution in [-0.2, 0) is 31.2 Å². The summed E-state index contributed by atoms with van der Waals surface area (Å²) in [5.74, 6) is -0.132. The van der Waals surface area contributed by atoms with Gasteiger partial charge in [-0.05, 0) is 25.8 Å². The van der Waals surface area contributed by atoms with Crippen LogP contribution in [0.2, 0.25) is 0 Å². The van der Waals surface area contributed by atoms with Crippen LogP contribution in [0.1, 0.15) is 38.5 Å². The molecule has 0 bridgehead atoms. The molecular weight excluding hydrogens is 417 g/mol. The van der Waals surface area contributed by atoms with E-state index in [4.69, 9.17) is 4.55 Å². The predicted octanol–water partition coefficient (Wildman–Crippen LogP) is 1.24. The Morgan fingerprint density at radius 3 is 2.25 bits per heavy atom. The third kappa shape index (κ3) is 10.2. The molecule has 0 spiro atoms. The van der Waals surface area contributed by atoms with Crippen LogP contribution in [0.3, 0.4) is 0 Å². The first kappa shape index (κ1) is 19.3. The van der Waals surface area contributed by atoms with Gasteiger partial charge in [0.1, 0.15) is 0 Å². The Bertz CT molecular complexity index is 255. The first-order chi connectivity index (χ1) is 6.58. The fourth-order valence-corrected chi connectivity index (χ4v) is 2.38.